The molecule has 0 bridgehead atoms. The highest BCUT2D eigenvalue weighted by Crippen LogP contribution is 2.20. The third kappa shape index (κ3) is 5.13. The van der Waals surface area contributed by atoms with E-state index in [-0.39, 0.29) is 29.1 Å². The molecule has 2 rings (SSSR count). The van der Waals surface area contributed by atoms with Gasteiger partial charge in [-0.25, -0.2) is 18.4 Å². The molecule has 1 saturated heterocycles. The van der Waals surface area contributed by atoms with Crippen LogP contribution in [0.1, 0.15) is 23.3 Å². The molecule has 0 radical (unpaired) electrons. The molecule has 1 N–H and O–H groups in total. The Labute approximate surface area is 143 Å². The Kier molecular flexibility index (Phi) is 6.11. The fourth-order valence-corrected chi connectivity index (χ4v) is 4.35. The van der Waals surface area contributed by atoms with Gasteiger partial charge in [0.25, 0.3) is 5.91 Å². The van der Waals surface area contributed by atoms with Gasteiger partial charge in [0.1, 0.15) is 11.5 Å². The van der Waals surface area contributed by atoms with Crippen LogP contribution in [0.25, 0.3) is 0 Å². The molecule has 24 heavy (non-hydrogen) atoms. The van der Waals surface area contributed by atoms with Crippen molar-refractivity contribution in [3.05, 3.63) is 18.1 Å². The minimum absolute atomic E-state index is 0.0880. The van der Waals surface area contributed by atoms with E-state index < -0.39 is 9.84 Å². The average Bonchev–Trinajstić information content (AvgIpc) is 2.90. The molecule has 0 aliphatic carbocycles. The van der Waals surface area contributed by atoms with Gasteiger partial charge in [0.05, 0.1) is 23.9 Å². The molecule has 1 aromatic rings. The van der Waals surface area contributed by atoms with E-state index in [9.17, 15) is 13.2 Å². The zero-order valence-corrected chi connectivity index (χ0v) is 15.2. The van der Waals surface area contributed by atoms with Gasteiger partial charge in [-0.15, -0.1) is 0 Å². The molecule has 8 nitrogen and oxygen atoms in total. The minimum atomic E-state index is -2.95. The van der Waals surface area contributed by atoms with Crippen molar-refractivity contribution in [1.29, 1.82) is 0 Å². The van der Waals surface area contributed by atoms with Crippen molar-refractivity contribution in [2.24, 2.45) is 0 Å². The highest BCUT2D eigenvalue weighted by Gasteiger charge is 2.31. The Bertz CT molecular complexity index is 660. The summed E-state index contributed by atoms with van der Waals surface area (Å²) in [5.74, 6) is 0.669. The number of aromatic nitrogens is 2. The summed E-state index contributed by atoms with van der Waals surface area (Å²) in [6.07, 6.45) is 4.40. The smallest absolute Gasteiger partial charge is 0.271 e. The first-order chi connectivity index (χ1) is 11.3. The summed E-state index contributed by atoms with van der Waals surface area (Å²) in [5.41, 5.74) is 0.260. The number of hydrogen-bond acceptors (Lipinski definition) is 7. The second-order valence-electron chi connectivity index (χ2n) is 6.34. The molecule has 1 unspecified atom stereocenters. The first-order valence-electron chi connectivity index (χ1n) is 7.97. The van der Waals surface area contributed by atoms with Gasteiger partial charge in [-0.05, 0) is 33.5 Å². The molecule has 1 aliphatic rings. The van der Waals surface area contributed by atoms with Gasteiger partial charge >= 0.3 is 0 Å². The lowest BCUT2D eigenvalue weighted by Gasteiger charge is -2.24. The summed E-state index contributed by atoms with van der Waals surface area (Å²) in [4.78, 5) is 24.3. The number of nitrogens with zero attached hydrogens (tertiary/aromatic N) is 4. The number of rotatable bonds is 7. The van der Waals surface area contributed by atoms with Crippen LogP contribution in [0.3, 0.4) is 0 Å². The Balaban J connectivity index is 1.89. The molecule has 0 saturated carbocycles. The molecule has 0 spiro atoms. The van der Waals surface area contributed by atoms with Crippen LogP contribution in [0.5, 0.6) is 0 Å². The number of hydrogen-bond donors (Lipinski definition) is 1. The lowest BCUT2D eigenvalue weighted by atomic mass is 10.2. The van der Waals surface area contributed by atoms with Crippen LogP contribution in [0, 0.1) is 0 Å². The molecule has 134 valence electrons. The summed E-state index contributed by atoms with van der Waals surface area (Å²) in [6.45, 7) is 1.49. The van der Waals surface area contributed by atoms with Crippen molar-refractivity contribution < 1.29 is 13.2 Å². The van der Waals surface area contributed by atoms with E-state index in [4.69, 9.17) is 0 Å². The van der Waals surface area contributed by atoms with Crippen LogP contribution in [-0.2, 0) is 9.84 Å². The molecule has 2 heterocycles. The number of carbonyl (C=O) groups is 1. The molecular weight excluding hydrogens is 330 g/mol. The summed E-state index contributed by atoms with van der Waals surface area (Å²) in [5, 5.41) is 2.81. The Hall–Kier alpha value is -1.74. The maximum absolute atomic E-state index is 12.0. The molecule has 1 aliphatic heterocycles. The highest BCUT2D eigenvalue weighted by atomic mass is 32.2. The summed E-state index contributed by atoms with van der Waals surface area (Å²) < 4.78 is 23.1. The normalized spacial score (nSPS) is 19.4. The van der Waals surface area contributed by atoms with Gasteiger partial charge in [0.15, 0.2) is 9.84 Å². The van der Waals surface area contributed by atoms with E-state index in [1.807, 2.05) is 19.0 Å². The van der Waals surface area contributed by atoms with E-state index in [2.05, 4.69) is 20.2 Å². The monoisotopic (exact) mass is 355 g/mol. The lowest BCUT2D eigenvalue weighted by Crippen LogP contribution is -2.33. The van der Waals surface area contributed by atoms with E-state index in [0.29, 0.717) is 18.8 Å². The van der Waals surface area contributed by atoms with Gasteiger partial charge in [0, 0.05) is 19.6 Å². The number of amides is 1. The van der Waals surface area contributed by atoms with E-state index in [1.165, 1.54) is 12.4 Å². The number of anilines is 1. The molecule has 1 atom stereocenters. The van der Waals surface area contributed by atoms with Gasteiger partial charge in [-0.2, -0.15) is 0 Å². The van der Waals surface area contributed by atoms with Crippen LogP contribution >= 0.6 is 0 Å². The van der Waals surface area contributed by atoms with Crippen LogP contribution in [0.4, 0.5) is 5.82 Å². The molecule has 9 heteroatoms. The van der Waals surface area contributed by atoms with Crippen molar-refractivity contribution in [2.45, 2.75) is 18.9 Å². The summed E-state index contributed by atoms with van der Waals surface area (Å²) in [7, 11) is 2.82. The second kappa shape index (κ2) is 7.89. The van der Waals surface area contributed by atoms with Crippen molar-refractivity contribution in [1.82, 2.24) is 20.2 Å². The molecule has 1 amide bonds. The zero-order valence-electron chi connectivity index (χ0n) is 14.4. The fourth-order valence-electron chi connectivity index (χ4n) is 2.58. The quantitative estimate of drug-likeness (QED) is 0.676. The average molecular weight is 355 g/mol. The Morgan fingerprint density at radius 2 is 2.04 bits per heavy atom. The lowest BCUT2D eigenvalue weighted by molar-refractivity contribution is 0.0947. The largest absolute Gasteiger partial charge is 0.354 e. The first-order valence-corrected chi connectivity index (χ1v) is 9.79. The third-order valence-corrected chi connectivity index (χ3v) is 5.81. The van der Waals surface area contributed by atoms with Crippen molar-refractivity contribution >= 4 is 21.6 Å². The fraction of sp³-hybridized carbons (Fsp3) is 0.667. The van der Waals surface area contributed by atoms with E-state index in [1.54, 1.807) is 7.05 Å². The molecule has 1 aromatic heterocycles. The van der Waals surface area contributed by atoms with Gasteiger partial charge < -0.3 is 15.1 Å². The molecule has 0 aromatic carbocycles. The minimum Gasteiger partial charge on any atom is -0.354 e. The van der Waals surface area contributed by atoms with Crippen LogP contribution in [-0.4, -0.2) is 81.0 Å². The van der Waals surface area contributed by atoms with Crippen molar-refractivity contribution in [3.8, 4) is 0 Å². The number of sulfone groups is 1. The van der Waals surface area contributed by atoms with Crippen LogP contribution in [0.2, 0.25) is 0 Å². The van der Waals surface area contributed by atoms with Gasteiger partial charge in [0.2, 0.25) is 0 Å². The Morgan fingerprint density at radius 1 is 1.29 bits per heavy atom. The number of nitrogens with one attached hydrogen (secondary N) is 1. The van der Waals surface area contributed by atoms with Crippen LogP contribution in [0.15, 0.2) is 12.4 Å². The van der Waals surface area contributed by atoms with E-state index >= 15 is 0 Å². The SMILES string of the molecule is CN(C)CCCNC(=O)c1cnc(N(C)C2CCS(=O)(=O)C2)cn1. The number of carbonyl (C=O) groups excluding carboxylic acids is 1. The molecular formula is C15H25N5O3S. The van der Waals surface area contributed by atoms with Gasteiger partial charge in [-0.3, -0.25) is 4.79 Å². The summed E-state index contributed by atoms with van der Waals surface area (Å²) in [6, 6.07) is -0.0880. The van der Waals surface area contributed by atoms with Crippen molar-refractivity contribution in [3.63, 3.8) is 0 Å². The molecule has 1 fully saturated rings. The third-order valence-electron chi connectivity index (χ3n) is 4.06. The highest BCUT2D eigenvalue weighted by molar-refractivity contribution is 7.91. The maximum Gasteiger partial charge on any atom is 0.271 e. The van der Waals surface area contributed by atoms with E-state index in [0.717, 1.165) is 13.0 Å². The predicted octanol–water partition coefficient (Wildman–Crippen LogP) is -0.219. The first kappa shape index (κ1) is 18.6. The standard InChI is InChI=1S/C15H25N5O3S/c1-19(2)7-4-6-16-15(21)13-9-18-14(10-17-13)20(3)12-5-8-24(22,23)11-12/h9-10,12H,4-8,11H2,1-3H3,(H,16,21). The zero-order chi connectivity index (χ0) is 17.7. The maximum atomic E-state index is 12.0. The predicted molar refractivity (Wildman–Crippen MR) is 93.0 cm³/mol. The Morgan fingerprint density at radius 3 is 2.58 bits per heavy atom. The summed E-state index contributed by atoms with van der Waals surface area (Å²) >= 11 is 0. The van der Waals surface area contributed by atoms with Gasteiger partial charge in [-0.1, -0.05) is 0 Å². The van der Waals surface area contributed by atoms with Crippen molar-refractivity contribution in [2.75, 3.05) is 50.6 Å². The topological polar surface area (TPSA) is 95.5 Å². The second-order valence-corrected chi connectivity index (χ2v) is 8.57. The van der Waals surface area contributed by atoms with Crippen LogP contribution < -0.4 is 10.2 Å².